The zero-order valence-electron chi connectivity index (χ0n) is 17.3. The monoisotopic (exact) mass is 416 g/mol. The summed E-state index contributed by atoms with van der Waals surface area (Å²) in [6, 6.07) is 15.8. The van der Waals surface area contributed by atoms with Crippen LogP contribution in [0, 0.1) is 0 Å². The molecule has 2 aromatic carbocycles. The van der Waals surface area contributed by atoms with Crippen LogP contribution in [0.4, 0.5) is 5.69 Å². The van der Waals surface area contributed by atoms with E-state index in [4.69, 9.17) is 14.5 Å². The number of carbonyl (C=O) groups is 1. The van der Waals surface area contributed by atoms with E-state index in [-0.39, 0.29) is 11.2 Å². The molecule has 29 heavy (non-hydrogen) atoms. The Labute approximate surface area is 176 Å². The lowest BCUT2D eigenvalue weighted by atomic mass is 10.1. The molecule has 1 amide bonds. The van der Waals surface area contributed by atoms with Crippen molar-refractivity contribution >= 4 is 23.4 Å². The third-order valence-corrected chi connectivity index (χ3v) is 6.07. The van der Waals surface area contributed by atoms with Crippen LogP contribution in [-0.2, 0) is 14.6 Å². The molecule has 2 aromatic rings. The summed E-state index contributed by atoms with van der Waals surface area (Å²) in [6.45, 7) is 3.54. The third-order valence-electron chi connectivity index (χ3n) is 4.70. The van der Waals surface area contributed by atoms with Gasteiger partial charge in [-0.2, -0.15) is 0 Å². The topological polar surface area (TPSA) is 51.2 Å². The van der Waals surface area contributed by atoms with Gasteiger partial charge in [-0.05, 0) is 50.8 Å². The number of nitrogens with zero attached hydrogens (tertiary/aromatic N) is 2. The Morgan fingerprint density at radius 3 is 2.48 bits per heavy atom. The number of amides is 1. The quantitative estimate of drug-likeness (QED) is 0.482. The van der Waals surface area contributed by atoms with Gasteiger partial charge >= 0.3 is 0 Å². The van der Waals surface area contributed by atoms with Gasteiger partial charge in [0.2, 0.25) is 0 Å². The van der Waals surface area contributed by atoms with Gasteiger partial charge in [0.25, 0.3) is 5.91 Å². The van der Waals surface area contributed by atoms with Crippen molar-refractivity contribution in [3.8, 4) is 5.75 Å². The van der Waals surface area contributed by atoms with Crippen LogP contribution in [0.5, 0.6) is 5.75 Å². The number of carbonyl (C=O) groups excluding carboxylic acids is 1. The van der Waals surface area contributed by atoms with Crippen molar-refractivity contribution < 1.29 is 19.3 Å². The molecule has 1 aliphatic rings. The van der Waals surface area contributed by atoms with Gasteiger partial charge in [-0.1, -0.05) is 24.3 Å². The second kappa shape index (κ2) is 10.1. The van der Waals surface area contributed by atoms with Gasteiger partial charge in [-0.25, -0.2) is 9.78 Å². The Bertz CT molecular complexity index is 813. The largest absolute Gasteiger partial charge is 0.497 e. The number of thioether (sulfide) groups is 1. The van der Waals surface area contributed by atoms with Crippen LogP contribution in [-0.4, -0.2) is 57.8 Å². The van der Waals surface area contributed by atoms with Gasteiger partial charge in [0.15, 0.2) is 6.10 Å². The number of hydrogen-bond donors (Lipinski definition) is 0. The standard InChI is InChI=1S/C22H28N2O4S/c1-5-27-28-20-21(16-10-12-17(26-4)13-11-16)29-19-9-7-6-8-18(19)24(22(20)25)15-14-23(2)3/h6-13,20-21H,5,14-15H2,1-4H3. The Balaban J connectivity index is 2.02. The molecule has 0 bridgehead atoms. The molecule has 6 nitrogen and oxygen atoms in total. The van der Waals surface area contributed by atoms with Gasteiger partial charge in [0, 0.05) is 18.0 Å². The molecule has 156 valence electrons. The maximum atomic E-state index is 13.6. The summed E-state index contributed by atoms with van der Waals surface area (Å²) >= 11 is 1.62. The summed E-state index contributed by atoms with van der Waals surface area (Å²) in [5.74, 6) is 0.674. The van der Waals surface area contributed by atoms with Crippen LogP contribution in [0.1, 0.15) is 17.7 Å². The molecule has 3 rings (SSSR count). The lowest BCUT2D eigenvalue weighted by Gasteiger charge is -2.28. The minimum atomic E-state index is -0.761. The maximum absolute atomic E-state index is 13.6. The molecule has 0 aliphatic carbocycles. The first kappa shape index (κ1) is 21.6. The van der Waals surface area contributed by atoms with Gasteiger partial charge in [0.05, 0.1) is 24.7 Å². The number of methoxy groups -OCH3 is 1. The van der Waals surface area contributed by atoms with E-state index in [1.807, 2.05) is 68.4 Å². The van der Waals surface area contributed by atoms with Crippen molar-refractivity contribution in [1.29, 1.82) is 0 Å². The molecule has 0 saturated heterocycles. The van der Waals surface area contributed by atoms with Gasteiger partial charge in [-0.15, -0.1) is 11.8 Å². The molecule has 0 aromatic heterocycles. The molecule has 2 atom stereocenters. The molecule has 0 spiro atoms. The normalized spacial score (nSPS) is 19.2. The van der Waals surface area contributed by atoms with Crippen molar-refractivity contribution in [1.82, 2.24) is 4.90 Å². The van der Waals surface area contributed by atoms with Crippen LogP contribution in [0.25, 0.3) is 0 Å². The van der Waals surface area contributed by atoms with Gasteiger partial charge < -0.3 is 14.5 Å². The van der Waals surface area contributed by atoms with Gasteiger partial charge in [0.1, 0.15) is 5.75 Å². The van der Waals surface area contributed by atoms with E-state index in [2.05, 4.69) is 11.0 Å². The molecule has 0 N–H and O–H groups in total. The van der Waals surface area contributed by atoms with Crippen LogP contribution < -0.4 is 9.64 Å². The maximum Gasteiger partial charge on any atom is 0.261 e. The average molecular weight is 417 g/mol. The van der Waals surface area contributed by atoms with Crippen LogP contribution >= 0.6 is 11.8 Å². The van der Waals surface area contributed by atoms with Crippen molar-refractivity contribution in [2.75, 3.05) is 45.8 Å². The van der Waals surface area contributed by atoms with Crippen LogP contribution in [0.2, 0.25) is 0 Å². The van der Waals surface area contributed by atoms with Crippen LogP contribution in [0.3, 0.4) is 0 Å². The van der Waals surface area contributed by atoms with Crippen molar-refractivity contribution in [3.63, 3.8) is 0 Å². The number of fused-ring (bicyclic) bond motifs is 1. The lowest BCUT2D eigenvalue weighted by molar-refractivity contribution is -0.313. The van der Waals surface area contributed by atoms with E-state index in [0.29, 0.717) is 13.2 Å². The molecule has 7 heteroatoms. The molecular weight excluding hydrogens is 388 g/mol. The highest BCUT2D eigenvalue weighted by Gasteiger charge is 2.40. The van der Waals surface area contributed by atoms with Crippen molar-refractivity contribution in [2.45, 2.75) is 23.2 Å². The molecule has 1 aliphatic heterocycles. The van der Waals surface area contributed by atoms with Crippen LogP contribution in [0.15, 0.2) is 53.4 Å². The summed E-state index contributed by atoms with van der Waals surface area (Å²) < 4.78 is 5.28. The predicted octanol–water partition coefficient (Wildman–Crippen LogP) is 3.77. The van der Waals surface area contributed by atoms with Crippen molar-refractivity contribution in [3.05, 3.63) is 54.1 Å². The molecule has 0 radical (unpaired) electrons. The van der Waals surface area contributed by atoms with E-state index in [1.165, 1.54) is 0 Å². The fourth-order valence-electron chi connectivity index (χ4n) is 3.18. The molecule has 0 saturated carbocycles. The first-order valence-corrected chi connectivity index (χ1v) is 10.6. The van der Waals surface area contributed by atoms with E-state index in [1.54, 1.807) is 18.9 Å². The molecule has 2 unspecified atom stereocenters. The predicted molar refractivity (Wildman–Crippen MR) is 115 cm³/mol. The first-order valence-electron chi connectivity index (χ1n) is 9.69. The summed E-state index contributed by atoms with van der Waals surface area (Å²) in [4.78, 5) is 29.5. The average Bonchev–Trinajstić information content (AvgIpc) is 2.85. The summed E-state index contributed by atoms with van der Waals surface area (Å²) in [5.41, 5.74) is 1.89. The summed E-state index contributed by atoms with van der Waals surface area (Å²) in [7, 11) is 5.63. The number of hydrogen-bond acceptors (Lipinski definition) is 6. The number of anilines is 1. The molecule has 1 heterocycles. The zero-order valence-corrected chi connectivity index (χ0v) is 18.1. The van der Waals surface area contributed by atoms with E-state index in [9.17, 15) is 4.79 Å². The SMILES string of the molecule is CCOOC1C(=O)N(CCN(C)C)c2ccccc2SC1c1ccc(OC)cc1. The molecular formula is C22H28N2O4S. The number of likely N-dealkylation sites (N-methyl/N-ethyl adjacent to an activating group) is 1. The first-order chi connectivity index (χ1) is 14.0. The fraction of sp³-hybridized carbons (Fsp3) is 0.409. The Kier molecular flexibility index (Phi) is 7.55. The highest BCUT2D eigenvalue weighted by atomic mass is 32.2. The number of para-hydroxylation sites is 1. The Hall–Kier alpha value is -2.06. The molecule has 0 fully saturated rings. The van der Waals surface area contributed by atoms with Crippen molar-refractivity contribution in [2.24, 2.45) is 0 Å². The summed E-state index contributed by atoms with van der Waals surface area (Å²) in [6.07, 6.45) is -0.761. The smallest absolute Gasteiger partial charge is 0.261 e. The number of rotatable bonds is 8. The number of benzene rings is 2. The second-order valence-corrected chi connectivity index (χ2v) is 8.18. The van der Waals surface area contributed by atoms with E-state index in [0.717, 1.165) is 28.4 Å². The highest BCUT2D eigenvalue weighted by Crippen LogP contribution is 2.46. The van der Waals surface area contributed by atoms with E-state index < -0.39 is 6.10 Å². The highest BCUT2D eigenvalue weighted by molar-refractivity contribution is 7.99. The number of ether oxygens (including phenoxy) is 1. The van der Waals surface area contributed by atoms with Gasteiger partial charge in [-0.3, -0.25) is 4.79 Å². The van der Waals surface area contributed by atoms with E-state index >= 15 is 0 Å². The Morgan fingerprint density at radius 2 is 1.83 bits per heavy atom. The second-order valence-electron chi connectivity index (χ2n) is 7.00. The fourth-order valence-corrected chi connectivity index (χ4v) is 4.49. The minimum Gasteiger partial charge on any atom is -0.497 e. The third kappa shape index (κ3) is 5.11. The minimum absolute atomic E-state index is 0.0985. The lowest BCUT2D eigenvalue weighted by Crippen LogP contribution is -2.44. The summed E-state index contributed by atoms with van der Waals surface area (Å²) in [5, 5.41) is -0.245. The Morgan fingerprint density at radius 1 is 1.10 bits per heavy atom. The zero-order chi connectivity index (χ0) is 20.8.